The second-order valence-corrected chi connectivity index (χ2v) is 9.00. The van der Waals surface area contributed by atoms with E-state index in [1.807, 2.05) is 18.2 Å². The molecule has 7 nitrogen and oxygen atoms in total. The van der Waals surface area contributed by atoms with Crippen LogP contribution in [-0.2, 0) is 12.8 Å². The molecule has 164 valence electrons. The molecule has 1 aromatic carbocycles. The molecular formula is C24H24N4O3S. The molecule has 1 aliphatic rings. The molecule has 8 heteroatoms. The summed E-state index contributed by atoms with van der Waals surface area (Å²) in [6.07, 6.45) is 6.95. The fourth-order valence-corrected chi connectivity index (χ4v) is 5.55. The monoisotopic (exact) mass is 448 g/mol. The molecule has 3 heterocycles. The highest BCUT2D eigenvalue weighted by molar-refractivity contribution is 7.18. The lowest BCUT2D eigenvalue weighted by Crippen LogP contribution is -2.21. The number of thiophene rings is 1. The highest BCUT2D eigenvalue weighted by Crippen LogP contribution is 2.33. The standard InChI is InChI=1S/C24H24N4O3S/c1-3-27(4-2)17-10-9-15-11-16(24(30)31-19(15)12-17)13-26-28-14-25-22-21(23(28)29)18-7-5-6-8-20(18)32-22/h9-14H,3-8H2,1-2H3. The van der Waals surface area contributed by atoms with E-state index in [4.69, 9.17) is 4.42 Å². The minimum atomic E-state index is -0.493. The van der Waals surface area contributed by atoms with Crippen molar-refractivity contribution in [3.05, 3.63) is 67.4 Å². The Morgan fingerprint density at radius 3 is 2.81 bits per heavy atom. The number of hydrogen-bond donors (Lipinski definition) is 0. The SMILES string of the molecule is CCN(CC)c1ccc2cc(C=Nn3cnc4sc5c(c4c3=O)CCCC5)c(=O)oc2c1. The minimum Gasteiger partial charge on any atom is -0.422 e. The van der Waals surface area contributed by atoms with Crippen LogP contribution in [0.15, 0.2) is 49.7 Å². The van der Waals surface area contributed by atoms with Crippen LogP contribution < -0.4 is 16.1 Å². The van der Waals surface area contributed by atoms with Crippen LogP contribution in [0.3, 0.4) is 0 Å². The Labute approximate surface area is 188 Å². The fraction of sp³-hybridized carbons (Fsp3) is 0.333. The summed E-state index contributed by atoms with van der Waals surface area (Å²) < 4.78 is 6.75. The third-order valence-electron chi connectivity index (χ3n) is 6.06. The third kappa shape index (κ3) is 3.54. The molecule has 32 heavy (non-hydrogen) atoms. The molecule has 0 saturated carbocycles. The molecule has 0 atom stereocenters. The third-order valence-corrected chi connectivity index (χ3v) is 7.26. The van der Waals surface area contributed by atoms with Crippen LogP contribution in [0.4, 0.5) is 5.69 Å². The maximum atomic E-state index is 13.0. The zero-order valence-electron chi connectivity index (χ0n) is 18.1. The quantitative estimate of drug-likeness (QED) is 0.338. The van der Waals surface area contributed by atoms with Gasteiger partial charge < -0.3 is 9.32 Å². The second kappa shape index (κ2) is 8.35. The van der Waals surface area contributed by atoms with Crippen LogP contribution in [0, 0.1) is 0 Å². The van der Waals surface area contributed by atoms with Crippen molar-refractivity contribution in [2.24, 2.45) is 5.10 Å². The number of aryl methyl sites for hydroxylation is 2. The van der Waals surface area contributed by atoms with Crippen molar-refractivity contribution in [1.82, 2.24) is 9.66 Å². The van der Waals surface area contributed by atoms with Gasteiger partial charge in [-0.1, -0.05) is 0 Å². The van der Waals surface area contributed by atoms with Gasteiger partial charge in [-0.15, -0.1) is 11.3 Å². The van der Waals surface area contributed by atoms with Gasteiger partial charge in [-0.05, 0) is 63.3 Å². The van der Waals surface area contributed by atoms with E-state index >= 15 is 0 Å². The molecule has 0 spiro atoms. The van der Waals surface area contributed by atoms with Gasteiger partial charge in [0.2, 0.25) is 0 Å². The van der Waals surface area contributed by atoms with E-state index in [0.717, 1.165) is 60.2 Å². The van der Waals surface area contributed by atoms with Gasteiger partial charge >= 0.3 is 5.63 Å². The fourth-order valence-electron chi connectivity index (χ4n) is 4.34. The number of fused-ring (bicyclic) bond motifs is 4. The van der Waals surface area contributed by atoms with E-state index in [2.05, 4.69) is 28.8 Å². The predicted molar refractivity (Wildman–Crippen MR) is 130 cm³/mol. The van der Waals surface area contributed by atoms with E-state index in [1.54, 1.807) is 17.4 Å². The first-order chi connectivity index (χ1) is 15.6. The molecule has 4 aromatic rings. The Morgan fingerprint density at radius 1 is 1.19 bits per heavy atom. The van der Waals surface area contributed by atoms with Gasteiger partial charge in [0.1, 0.15) is 16.7 Å². The maximum absolute atomic E-state index is 13.0. The van der Waals surface area contributed by atoms with Gasteiger partial charge in [-0.3, -0.25) is 4.79 Å². The first kappa shape index (κ1) is 20.6. The highest BCUT2D eigenvalue weighted by atomic mass is 32.1. The average molecular weight is 449 g/mol. The Balaban J connectivity index is 1.52. The second-order valence-electron chi connectivity index (χ2n) is 7.91. The molecule has 1 aliphatic carbocycles. The maximum Gasteiger partial charge on any atom is 0.345 e. The minimum absolute atomic E-state index is 0.195. The molecule has 0 radical (unpaired) electrons. The Kier molecular flexibility index (Phi) is 5.38. The van der Waals surface area contributed by atoms with Crippen molar-refractivity contribution in [2.75, 3.05) is 18.0 Å². The van der Waals surface area contributed by atoms with Gasteiger partial charge in [0.25, 0.3) is 5.56 Å². The number of benzene rings is 1. The van der Waals surface area contributed by atoms with Crippen LogP contribution in [0.1, 0.15) is 42.7 Å². The lowest BCUT2D eigenvalue weighted by atomic mass is 9.97. The summed E-state index contributed by atoms with van der Waals surface area (Å²) in [6, 6.07) is 7.56. The summed E-state index contributed by atoms with van der Waals surface area (Å²) >= 11 is 1.60. The normalized spacial score (nSPS) is 13.8. The molecule has 0 saturated heterocycles. The summed E-state index contributed by atoms with van der Waals surface area (Å²) in [5, 5.41) is 5.71. The average Bonchev–Trinajstić information content (AvgIpc) is 3.19. The molecule has 3 aromatic heterocycles. The van der Waals surface area contributed by atoms with Crippen LogP contribution in [0.25, 0.3) is 21.2 Å². The van der Waals surface area contributed by atoms with Gasteiger partial charge in [0, 0.05) is 35.1 Å². The van der Waals surface area contributed by atoms with Crippen molar-refractivity contribution >= 4 is 44.4 Å². The van der Waals surface area contributed by atoms with Crippen LogP contribution in [0.2, 0.25) is 0 Å². The molecular weight excluding hydrogens is 424 g/mol. The van der Waals surface area contributed by atoms with E-state index in [0.29, 0.717) is 11.0 Å². The molecule has 0 bridgehead atoms. The smallest absolute Gasteiger partial charge is 0.345 e. The lowest BCUT2D eigenvalue weighted by molar-refractivity contribution is 0.559. The van der Waals surface area contributed by atoms with Crippen LogP contribution >= 0.6 is 11.3 Å². The first-order valence-corrected chi connectivity index (χ1v) is 11.8. The molecule has 0 unspecified atom stereocenters. The van der Waals surface area contributed by atoms with Gasteiger partial charge in [0.05, 0.1) is 17.2 Å². The molecule has 0 fully saturated rings. The van der Waals surface area contributed by atoms with Crippen molar-refractivity contribution in [1.29, 1.82) is 0 Å². The van der Waals surface area contributed by atoms with E-state index < -0.39 is 5.63 Å². The zero-order chi connectivity index (χ0) is 22.2. The number of anilines is 1. The number of aromatic nitrogens is 2. The number of hydrogen-bond acceptors (Lipinski definition) is 7. The van der Waals surface area contributed by atoms with E-state index in [9.17, 15) is 9.59 Å². The Hall–Kier alpha value is -3.26. The summed E-state index contributed by atoms with van der Waals surface area (Å²) in [7, 11) is 0. The Morgan fingerprint density at radius 2 is 2.00 bits per heavy atom. The van der Waals surface area contributed by atoms with Crippen molar-refractivity contribution < 1.29 is 4.42 Å². The van der Waals surface area contributed by atoms with Crippen LogP contribution in [0.5, 0.6) is 0 Å². The summed E-state index contributed by atoms with van der Waals surface area (Å²) in [6.45, 7) is 5.92. The van der Waals surface area contributed by atoms with Gasteiger partial charge in [0.15, 0.2) is 0 Å². The zero-order valence-corrected chi connectivity index (χ0v) is 18.9. The van der Waals surface area contributed by atoms with Crippen LogP contribution in [-0.4, -0.2) is 29.0 Å². The van der Waals surface area contributed by atoms with E-state index in [-0.39, 0.29) is 11.1 Å². The lowest BCUT2D eigenvalue weighted by Gasteiger charge is -2.20. The number of rotatable bonds is 5. The summed E-state index contributed by atoms with van der Waals surface area (Å²) in [5.41, 5.74) is 2.26. The van der Waals surface area contributed by atoms with Crippen molar-refractivity contribution in [3.63, 3.8) is 0 Å². The molecule has 0 amide bonds. The topological polar surface area (TPSA) is 80.7 Å². The largest absolute Gasteiger partial charge is 0.422 e. The van der Waals surface area contributed by atoms with Gasteiger partial charge in [-0.25, -0.2) is 9.78 Å². The molecule has 0 aliphatic heterocycles. The van der Waals surface area contributed by atoms with Crippen molar-refractivity contribution in [3.8, 4) is 0 Å². The van der Waals surface area contributed by atoms with Crippen molar-refractivity contribution in [2.45, 2.75) is 39.5 Å². The first-order valence-electron chi connectivity index (χ1n) is 11.0. The number of nitrogens with zero attached hydrogens (tertiary/aromatic N) is 4. The van der Waals surface area contributed by atoms with Gasteiger partial charge in [-0.2, -0.15) is 9.78 Å². The van der Waals surface area contributed by atoms with E-state index in [1.165, 1.54) is 22.1 Å². The highest BCUT2D eigenvalue weighted by Gasteiger charge is 2.20. The summed E-state index contributed by atoms with van der Waals surface area (Å²) in [5.74, 6) is 0. The predicted octanol–water partition coefficient (Wildman–Crippen LogP) is 4.17. The molecule has 0 N–H and O–H groups in total. The summed E-state index contributed by atoms with van der Waals surface area (Å²) in [4.78, 5) is 34.2. The Bertz CT molecular complexity index is 1460. The molecule has 5 rings (SSSR count).